The SMILES string of the molecule is COCCN(C(=O)c1cccnc1)c1cc(C)cc(Cl)n1.COCCN(C(=O)c1cccnc1)c1ccc(C)c(N(CCOC)C(=O)c2cccnc2)n1. The molecule has 0 spiro atoms. The van der Waals surface area contributed by atoms with Gasteiger partial charge in [0, 0.05) is 58.5 Å². The monoisotopic (exact) mass is 754 g/mol. The van der Waals surface area contributed by atoms with Crippen molar-refractivity contribution < 1.29 is 28.6 Å². The van der Waals surface area contributed by atoms with Gasteiger partial charge in [-0.2, -0.15) is 0 Å². The summed E-state index contributed by atoms with van der Waals surface area (Å²) in [4.78, 5) is 64.8. The summed E-state index contributed by atoms with van der Waals surface area (Å²) in [5.41, 5.74) is 3.08. The Morgan fingerprint density at radius 3 is 1.46 bits per heavy atom. The number of aryl methyl sites for hydroxylation is 2. The number of aromatic nitrogens is 5. The first-order valence-corrected chi connectivity index (χ1v) is 17.3. The highest BCUT2D eigenvalue weighted by Crippen LogP contribution is 2.25. The van der Waals surface area contributed by atoms with Crippen molar-refractivity contribution in [2.75, 3.05) is 75.5 Å². The fourth-order valence-corrected chi connectivity index (χ4v) is 5.36. The summed E-state index contributed by atoms with van der Waals surface area (Å²) in [7, 11) is 4.73. The van der Waals surface area contributed by atoms with Gasteiger partial charge >= 0.3 is 0 Å². The molecule has 0 fully saturated rings. The van der Waals surface area contributed by atoms with Crippen molar-refractivity contribution in [3.05, 3.63) is 131 Å². The number of halogens is 1. The fraction of sp³-hybridized carbons (Fsp3) is 0.282. The van der Waals surface area contributed by atoms with E-state index in [4.69, 9.17) is 30.8 Å². The van der Waals surface area contributed by atoms with E-state index < -0.39 is 0 Å². The maximum absolute atomic E-state index is 13.3. The topological polar surface area (TPSA) is 153 Å². The minimum absolute atomic E-state index is 0.186. The third-order valence-corrected chi connectivity index (χ3v) is 8.00. The fourth-order valence-electron chi connectivity index (χ4n) is 5.10. The van der Waals surface area contributed by atoms with Gasteiger partial charge in [0.1, 0.15) is 22.6 Å². The minimum atomic E-state index is -0.260. The van der Waals surface area contributed by atoms with E-state index in [1.807, 2.05) is 26.0 Å². The number of carbonyl (C=O) groups excluding carboxylic acids is 3. The number of hydrogen-bond donors (Lipinski definition) is 0. The second-order valence-electron chi connectivity index (χ2n) is 11.7. The van der Waals surface area contributed by atoms with E-state index in [9.17, 15) is 14.4 Å². The molecule has 0 radical (unpaired) electrons. The zero-order valence-electron chi connectivity index (χ0n) is 30.9. The minimum Gasteiger partial charge on any atom is -0.383 e. The van der Waals surface area contributed by atoms with E-state index in [0.717, 1.165) is 11.1 Å². The highest BCUT2D eigenvalue weighted by molar-refractivity contribution is 6.29. The molecule has 54 heavy (non-hydrogen) atoms. The number of rotatable bonds is 15. The molecule has 5 heterocycles. The van der Waals surface area contributed by atoms with Crippen LogP contribution in [0.15, 0.2) is 97.8 Å². The smallest absolute Gasteiger partial charge is 0.261 e. The van der Waals surface area contributed by atoms with Gasteiger partial charge in [0.05, 0.1) is 56.1 Å². The molecule has 0 atom stereocenters. The van der Waals surface area contributed by atoms with Crippen molar-refractivity contribution in [1.82, 2.24) is 24.9 Å². The molecule has 0 N–H and O–H groups in total. The molecule has 14 nitrogen and oxygen atoms in total. The number of methoxy groups -OCH3 is 3. The maximum Gasteiger partial charge on any atom is 0.261 e. The van der Waals surface area contributed by atoms with Crippen LogP contribution in [0.3, 0.4) is 0 Å². The Bertz CT molecular complexity index is 1940. The van der Waals surface area contributed by atoms with Crippen LogP contribution in [0, 0.1) is 13.8 Å². The molecule has 0 aromatic carbocycles. The number of carbonyl (C=O) groups is 3. The molecule has 0 aliphatic rings. The van der Waals surface area contributed by atoms with E-state index in [2.05, 4.69) is 19.9 Å². The number of anilines is 3. The van der Waals surface area contributed by atoms with Gasteiger partial charge < -0.3 is 14.2 Å². The lowest BCUT2D eigenvalue weighted by molar-refractivity contribution is 0.0966. The summed E-state index contributed by atoms with van der Waals surface area (Å²) >= 11 is 5.99. The van der Waals surface area contributed by atoms with Crippen LogP contribution in [0.2, 0.25) is 5.15 Å². The summed E-state index contributed by atoms with van der Waals surface area (Å²) in [6.07, 6.45) is 9.39. The van der Waals surface area contributed by atoms with E-state index in [1.165, 1.54) is 23.5 Å². The first-order valence-electron chi connectivity index (χ1n) is 16.9. The second-order valence-corrected chi connectivity index (χ2v) is 12.1. The highest BCUT2D eigenvalue weighted by Gasteiger charge is 2.25. The summed E-state index contributed by atoms with van der Waals surface area (Å²) in [5.74, 6) is 0.655. The van der Waals surface area contributed by atoms with Crippen molar-refractivity contribution >= 4 is 46.8 Å². The number of ether oxygens (including phenoxy) is 3. The largest absolute Gasteiger partial charge is 0.383 e. The lowest BCUT2D eigenvalue weighted by atomic mass is 10.2. The van der Waals surface area contributed by atoms with E-state index in [-0.39, 0.29) is 30.8 Å². The van der Waals surface area contributed by atoms with E-state index in [0.29, 0.717) is 65.7 Å². The number of nitrogens with zero attached hydrogens (tertiary/aromatic N) is 8. The van der Waals surface area contributed by atoms with Crippen LogP contribution in [0.25, 0.3) is 0 Å². The molecule has 0 saturated heterocycles. The molecule has 15 heteroatoms. The molecule has 0 bridgehead atoms. The molecule has 0 unspecified atom stereocenters. The third-order valence-electron chi connectivity index (χ3n) is 7.81. The number of amides is 3. The predicted molar refractivity (Wildman–Crippen MR) is 206 cm³/mol. The molecular formula is C39H43ClN8O6. The summed E-state index contributed by atoms with van der Waals surface area (Å²) in [6, 6.07) is 17.4. The second kappa shape index (κ2) is 21.1. The molecule has 282 valence electrons. The number of hydrogen-bond acceptors (Lipinski definition) is 11. The van der Waals surface area contributed by atoms with Gasteiger partial charge in [-0.3, -0.25) is 44.0 Å². The van der Waals surface area contributed by atoms with Crippen LogP contribution in [0.4, 0.5) is 17.5 Å². The van der Waals surface area contributed by atoms with Crippen LogP contribution in [-0.2, 0) is 14.2 Å². The van der Waals surface area contributed by atoms with Crippen molar-refractivity contribution in [2.45, 2.75) is 13.8 Å². The first-order chi connectivity index (χ1) is 26.2. The van der Waals surface area contributed by atoms with Gasteiger partial charge in [-0.25, -0.2) is 9.97 Å². The summed E-state index contributed by atoms with van der Waals surface area (Å²) < 4.78 is 15.5. The molecule has 5 aromatic heterocycles. The van der Waals surface area contributed by atoms with Crippen LogP contribution in [0.5, 0.6) is 0 Å². The standard InChI is InChI=1S/C24H27N5O4.C15H16ClN3O2/c1-18-8-9-21(28(12-14-32-2)23(30)19-6-4-10-25-16-19)27-22(18)29(13-15-33-3)24(31)20-7-5-11-26-17-20;1-11-8-13(16)18-14(9-11)19(6-7-21-2)15(20)12-4-3-5-17-10-12/h4-11,16-17H,12-15H2,1-3H3;3-5,8-10H,6-7H2,1-2H3. The van der Waals surface area contributed by atoms with Gasteiger partial charge in [0.15, 0.2) is 0 Å². The molecule has 5 rings (SSSR count). The summed E-state index contributed by atoms with van der Waals surface area (Å²) in [6.45, 7) is 5.77. The van der Waals surface area contributed by atoms with Crippen molar-refractivity contribution in [1.29, 1.82) is 0 Å². The predicted octanol–water partition coefficient (Wildman–Crippen LogP) is 5.50. The molecule has 5 aromatic rings. The average molecular weight is 755 g/mol. The number of pyridine rings is 5. The molecule has 0 aliphatic heterocycles. The molecule has 0 saturated carbocycles. The third kappa shape index (κ3) is 11.4. The van der Waals surface area contributed by atoms with Crippen LogP contribution in [0.1, 0.15) is 42.2 Å². The Kier molecular flexibility index (Phi) is 16.1. The van der Waals surface area contributed by atoms with Crippen molar-refractivity contribution in [3.63, 3.8) is 0 Å². The average Bonchev–Trinajstić information content (AvgIpc) is 3.20. The summed E-state index contributed by atoms with van der Waals surface area (Å²) in [5, 5.41) is 0.353. The Labute approximate surface area is 319 Å². The Balaban J connectivity index is 0.000000266. The van der Waals surface area contributed by atoms with Crippen LogP contribution >= 0.6 is 11.6 Å². The maximum atomic E-state index is 13.3. The van der Waals surface area contributed by atoms with E-state index in [1.54, 1.807) is 98.3 Å². The first kappa shape index (κ1) is 41.1. The van der Waals surface area contributed by atoms with Gasteiger partial charge in [-0.05, 0) is 79.6 Å². The highest BCUT2D eigenvalue weighted by atomic mass is 35.5. The zero-order chi connectivity index (χ0) is 38.9. The Morgan fingerprint density at radius 2 is 1.04 bits per heavy atom. The molecule has 3 amide bonds. The lowest BCUT2D eigenvalue weighted by Gasteiger charge is -2.26. The molecule has 0 aliphatic carbocycles. The van der Waals surface area contributed by atoms with Crippen LogP contribution in [-0.4, -0.2) is 103 Å². The lowest BCUT2D eigenvalue weighted by Crippen LogP contribution is -2.37. The van der Waals surface area contributed by atoms with Crippen molar-refractivity contribution in [3.8, 4) is 0 Å². The van der Waals surface area contributed by atoms with Gasteiger partial charge in [0.2, 0.25) is 0 Å². The molecular weight excluding hydrogens is 712 g/mol. The quantitative estimate of drug-likeness (QED) is 0.125. The Morgan fingerprint density at radius 1 is 0.593 bits per heavy atom. The van der Waals surface area contributed by atoms with Crippen molar-refractivity contribution in [2.24, 2.45) is 0 Å². The van der Waals surface area contributed by atoms with Crippen LogP contribution < -0.4 is 14.7 Å². The zero-order valence-corrected chi connectivity index (χ0v) is 31.6. The van der Waals surface area contributed by atoms with E-state index >= 15 is 0 Å². The van der Waals surface area contributed by atoms with Gasteiger partial charge in [0.25, 0.3) is 17.7 Å². The normalized spacial score (nSPS) is 10.6. The Hall–Kier alpha value is -5.67. The van der Waals surface area contributed by atoms with Gasteiger partial charge in [-0.15, -0.1) is 0 Å². The van der Waals surface area contributed by atoms with Gasteiger partial charge in [-0.1, -0.05) is 17.7 Å².